The van der Waals surface area contributed by atoms with Crippen molar-refractivity contribution >= 4 is 23.5 Å². The highest BCUT2D eigenvalue weighted by molar-refractivity contribution is 6.30. The Morgan fingerprint density at radius 2 is 1.44 bits per heavy atom. The minimum absolute atomic E-state index is 0.0679. The number of hydrogen-bond acceptors (Lipinski definition) is 4. The summed E-state index contributed by atoms with van der Waals surface area (Å²) >= 11 is 5.73. The van der Waals surface area contributed by atoms with Gasteiger partial charge in [-0.15, -0.1) is 0 Å². The molecule has 27 heavy (non-hydrogen) atoms. The van der Waals surface area contributed by atoms with Crippen LogP contribution in [0.4, 0.5) is 26.3 Å². The Morgan fingerprint density at radius 3 is 1.96 bits per heavy atom. The zero-order valence-corrected chi connectivity index (χ0v) is 14.5. The summed E-state index contributed by atoms with van der Waals surface area (Å²) in [6.45, 7) is 0.497. The van der Waals surface area contributed by atoms with Crippen molar-refractivity contribution in [2.75, 3.05) is 13.1 Å². The van der Waals surface area contributed by atoms with Crippen LogP contribution in [-0.2, 0) is 4.74 Å². The number of piperidine rings is 1. The topological polar surface area (TPSA) is 37.2 Å². The smallest absolute Gasteiger partial charge is 0.406 e. The first-order valence-electron chi connectivity index (χ1n) is 8.05. The van der Waals surface area contributed by atoms with E-state index in [4.69, 9.17) is 16.3 Å². The molecule has 1 aromatic carbocycles. The van der Waals surface area contributed by atoms with E-state index in [0.717, 1.165) is 6.42 Å². The molecule has 0 aliphatic carbocycles. The SMILES string of the molecule is FC(F)(F)C1(C(F)(F)F)N=C(c2ccc(Cl)cc2)OC(N2CCCCC2)=N1. The molecule has 4 nitrogen and oxygen atoms in total. The molecule has 0 aromatic heterocycles. The number of benzene rings is 1. The maximum Gasteiger partial charge on any atom is 0.443 e. The molecule has 0 amide bonds. The highest BCUT2D eigenvalue weighted by atomic mass is 35.5. The van der Waals surface area contributed by atoms with Crippen LogP contribution in [0.1, 0.15) is 24.8 Å². The van der Waals surface area contributed by atoms with Gasteiger partial charge in [-0.25, -0.2) is 4.99 Å². The third-order valence-corrected chi connectivity index (χ3v) is 4.47. The van der Waals surface area contributed by atoms with Crippen LogP contribution in [0.25, 0.3) is 0 Å². The molecule has 2 heterocycles. The van der Waals surface area contributed by atoms with Crippen molar-refractivity contribution in [3.05, 3.63) is 34.9 Å². The maximum absolute atomic E-state index is 13.6. The normalized spacial score (nSPS) is 20.6. The van der Waals surface area contributed by atoms with Crippen LogP contribution in [0.2, 0.25) is 5.02 Å². The minimum atomic E-state index is -5.80. The van der Waals surface area contributed by atoms with Crippen molar-refractivity contribution in [2.24, 2.45) is 9.98 Å². The standard InChI is InChI=1S/C16H14ClF6N3O/c17-11-6-4-10(5-7-11)12-24-14(15(18,19)20,16(21,22)23)25-13(27-12)26-8-2-1-3-9-26/h4-7H,1-3,8-9H2. The van der Waals surface area contributed by atoms with E-state index in [1.54, 1.807) is 0 Å². The molecule has 11 heteroatoms. The lowest BCUT2D eigenvalue weighted by molar-refractivity contribution is -0.293. The minimum Gasteiger partial charge on any atom is -0.406 e. The van der Waals surface area contributed by atoms with E-state index in [1.165, 1.54) is 29.2 Å². The van der Waals surface area contributed by atoms with Gasteiger partial charge in [-0.1, -0.05) is 11.6 Å². The summed E-state index contributed by atoms with van der Waals surface area (Å²) in [5.41, 5.74) is -4.69. The second-order valence-corrected chi connectivity index (χ2v) is 6.57. The van der Waals surface area contributed by atoms with Gasteiger partial charge >= 0.3 is 18.0 Å². The molecule has 0 bridgehead atoms. The maximum atomic E-state index is 13.6. The molecule has 3 rings (SSSR count). The van der Waals surface area contributed by atoms with Gasteiger partial charge in [0, 0.05) is 23.7 Å². The van der Waals surface area contributed by atoms with Crippen molar-refractivity contribution in [3.63, 3.8) is 0 Å². The van der Waals surface area contributed by atoms with Gasteiger partial charge in [0.2, 0.25) is 5.90 Å². The number of amidine groups is 1. The Morgan fingerprint density at radius 1 is 0.889 bits per heavy atom. The Hall–Kier alpha value is -1.97. The molecule has 1 saturated heterocycles. The molecular formula is C16H14ClF6N3O. The molecule has 1 fully saturated rings. The molecule has 0 saturated carbocycles. The molecule has 2 aliphatic heterocycles. The fourth-order valence-electron chi connectivity index (χ4n) is 2.79. The first-order valence-corrected chi connectivity index (χ1v) is 8.43. The number of alkyl halides is 6. The lowest BCUT2D eigenvalue weighted by atomic mass is 10.1. The lowest BCUT2D eigenvalue weighted by Crippen LogP contribution is -2.58. The highest BCUT2D eigenvalue weighted by Crippen LogP contribution is 2.49. The van der Waals surface area contributed by atoms with E-state index < -0.39 is 29.9 Å². The predicted octanol–water partition coefficient (Wildman–Crippen LogP) is 4.78. The summed E-state index contributed by atoms with van der Waals surface area (Å²) in [5, 5.41) is 0.262. The molecule has 2 aliphatic rings. The van der Waals surface area contributed by atoms with Crippen molar-refractivity contribution in [2.45, 2.75) is 37.3 Å². The van der Waals surface area contributed by atoms with Gasteiger partial charge in [-0.3, -0.25) is 0 Å². The molecule has 0 N–H and O–H groups in total. The van der Waals surface area contributed by atoms with Crippen LogP contribution in [0.5, 0.6) is 0 Å². The fourth-order valence-corrected chi connectivity index (χ4v) is 2.92. The third-order valence-electron chi connectivity index (χ3n) is 4.22. The zero-order chi connectivity index (χ0) is 19.9. The molecule has 1 aromatic rings. The van der Waals surface area contributed by atoms with Gasteiger partial charge in [0.25, 0.3) is 6.02 Å². The number of hydrogen-bond donors (Lipinski definition) is 0. The number of ether oxygens (including phenoxy) is 1. The third kappa shape index (κ3) is 3.71. The van der Waals surface area contributed by atoms with Crippen molar-refractivity contribution in [3.8, 4) is 0 Å². The quantitative estimate of drug-likeness (QED) is 0.621. The van der Waals surface area contributed by atoms with E-state index in [9.17, 15) is 26.3 Å². The van der Waals surface area contributed by atoms with Crippen LogP contribution >= 0.6 is 11.6 Å². The molecule has 0 unspecified atom stereocenters. The molecule has 148 valence electrons. The molecular weight excluding hydrogens is 400 g/mol. The molecule has 0 spiro atoms. The van der Waals surface area contributed by atoms with Crippen LogP contribution in [0.15, 0.2) is 34.3 Å². The summed E-state index contributed by atoms with van der Waals surface area (Å²) < 4.78 is 86.6. The van der Waals surface area contributed by atoms with Crippen LogP contribution in [0, 0.1) is 0 Å². The van der Waals surface area contributed by atoms with E-state index in [0.29, 0.717) is 12.8 Å². The first kappa shape index (κ1) is 19.8. The summed E-state index contributed by atoms with van der Waals surface area (Å²) in [7, 11) is 0. The first-order chi connectivity index (χ1) is 12.5. The van der Waals surface area contributed by atoms with Gasteiger partial charge in [0.15, 0.2) is 0 Å². The van der Waals surface area contributed by atoms with Crippen molar-refractivity contribution < 1.29 is 31.1 Å². The lowest BCUT2D eigenvalue weighted by Gasteiger charge is -2.37. The van der Waals surface area contributed by atoms with Crippen molar-refractivity contribution in [1.29, 1.82) is 0 Å². The number of rotatable bonds is 1. The highest BCUT2D eigenvalue weighted by Gasteiger charge is 2.74. The van der Waals surface area contributed by atoms with Gasteiger partial charge in [0.1, 0.15) is 0 Å². The Labute approximate surface area is 155 Å². The Bertz CT molecular complexity index is 737. The van der Waals surface area contributed by atoms with Crippen LogP contribution in [-0.4, -0.2) is 47.9 Å². The monoisotopic (exact) mass is 413 g/mol. The number of nitrogens with zero attached hydrogens (tertiary/aromatic N) is 3. The van der Waals surface area contributed by atoms with Gasteiger partial charge in [-0.05, 0) is 43.5 Å². The van der Waals surface area contributed by atoms with Crippen molar-refractivity contribution in [1.82, 2.24) is 4.90 Å². The Balaban J connectivity index is 2.14. The summed E-state index contributed by atoms with van der Waals surface area (Å²) in [5.74, 6) is -0.808. The number of likely N-dealkylation sites (tertiary alicyclic amines) is 1. The van der Waals surface area contributed by atoms with E-state index in [-0.39, 0.29) is 23.7 Å². The number of halogens is 7. The molecule has 0 atom stereocenters. The van der Waals surface area contributed by atoms with E-state index in [2.05, 4.69) is 9.98 Å². The largest absolute Gasteiger partial charge is 0.443 e. The van der Waals surface area contributed by atoms with Crippen LogP contribution in [0.3, 0.4) is 0 Å². The molecule has 0 radical (unpaired) electrons. The van der Waals surface area contributed by atoms with Gasteiger partial charge < -0.3 is 9.64 Å². The van der Waals surface area contributed by atoms with E-state index in [1.807, 2.05) is 0 Å². The second-order valence-electron chi connectivity index (χ2n) is 6.14. The Kier molecular flexibility index (Phi) is 5.04. The van der Waals surface area contributed by atoms with Gasteiger partial charge in [0.05, 0.1) is 0 Å². The summed E-state index contributed by atoms with van der Waals surface area (Å²) in [6, 6.07) is 4.37. The summed E-state index contributed by atoms with van der Waals surface area (Å²) in [4.78, 5) is 7.10. The zero-order valence-electron chi connectivity index (χ0n) is 13.7. The number of aliphatic imine (C=N–C) groups is 2. The van der Waals surface area contributed by atoms with Crippen LogP contribution < -0.4 is 0 Å². The summed E-state index contributed by atoms with van der Waals surface area (Å²) in [6.07, 6.45) is -9.55. The average Bonchev–Trinajstić information content (AvgIpc) is 2.61. The van der Waals surface area contributed by atoms with Gasteiger partial charge in [-0.2, -0.15) is 31.3 Å². The second kappa shape index (κ2) is 6.88. The average molecular weight is 414 g/mol. The predicted molar refractivity (Wildman–Crippen MR) is 86.8 cm³/mol. The fraction of sp³-hybridized carbons (Fsp3) is 0.500. The van der Waals surface area contributed by atoms with E-state index >= 15 is 0 Å².